The fourth-order valence-corrected chi connectivity index (χ4v) is 4.13. The van der Waals surface area contributed by atoms with E-state index in [1.54, 1.807) is 20.9 Å². The average Bonchev–Trinajstić information content (AvgIpc) is 2.83. The molecule has 142 valence electrons. The summed E-state index contributed by atoms with van der Waals surface area (Å²) in [5.41, 5.74) is 0.606. The van der Waals surface area contributed by atoms with Crippen LogP contribution in [0.5, 0.6) is 0 Å². The van der Waals surface area contributed by atoms with Gasteiger partial charge in [0.1, 0.15) is 10.6 Å². The first-order valence-electron chi connectivity index (χ1n) is 7.46. The second-order valence-corrected chi connectivity index (χ2v) is 8.65. The first kappa shape index (κ1) is 19.9. The lowest BCUT2D eigenvalue weighted by Crippen LogP contribution is -2.15. The molecule has 26 heavy (non-hydrogen) atoms. The normalized spacial score (nSPS) is 12.0. The molecule has 0 aliphatic rings. The van der Waals surface area contributed by atoms with Crippen LogP contribution in [0.2, 0.25) is 0 Å². The predicted octanol–water partition coefficient (Wildman–Crippen LogP) is 0.958. The smallest absolute Gasteiger partial charge is 0.354 e. The second-order valence-electron chi connectivity index (χ2n) is 5.43. The number of nitrogens with one attached hydrogen (secondary N) is 1. The standard InChI is InChI=1S/C15H19N3O6S2/c1-4-24-15(19)13-9-14(10(2)18(13)3)26(22,23)17-11-5-7-12(8-6-11)25(16,20)21/h5-9,17H,4H2,1-3H3,(H2,16,20,21). The maximum atomic E-state index is 12.6. The number of nitrogens with two attached hydrogens (primary N) is 1. The number of hydrogen-bond acceptors (Lipinski definition) is 6. The van der Waals surface area contributed by atoms with Gasteiger partial charge < -0.3 is 9.30 Å². The van der Waals surface area contributed by atoms with Gasteiger partial charge in [-0.15, -0.1) is 0 Å². The van der Waals surface area contributed by atoms with Crippen molar-refractivity contribution in [3.8, 4) is 0 Å². The third-order valence-electron chi connectivity index (χ3n) is 3.70. The van der Waals surface area contributed by atoms with Gasteiger partial charge in [0.05, 0.1) is 11.5 Å². The lowest BCUT2D eigenvalue weighted by Gasteiger charge is -2.08. The van der Waals surface area contributed by atoms with E-state index in [4.69, 9.17) is 9.88 Å². The van der Waals surface area contributed by atoms with Crippen molar-refractivity contribution < 1.29 is 26.4 Å². The van der Waals surface area contributed by atoms with Gasteiger partial charge >= 0.3 is 5.97 Å². The molecular weight excluding hydrogens is 382 g/mol. The molecule has 2 aromatic rings. The molecule has 0 radical (unpaired) electrons. The predicted molar refractivity (Wildman–Crippen MR) is 94.7 cm³/mol. The van der Waals surface area contributed by atoms with E-state index in [9.17, 15) is 21.6 Å². The Hall–Kier alpha value is -2.37. The van der Waals surface area contributed by atoms with Crippen LogP contribution in [0.1, 0.15) is 23.1 Å². The fourth-order valence-electron chi connectivity index (χ4n) is 2.27. The average molecular weight is 401 g/mol. The Morgan fingerprint density at radius 1 is 1.19 bits per heavy atom. The zero-order chi connectivity index (χ0) is 19.7. The van der Waals surface area contributed by atoms with Crippen molar-refractivity contribution >= 4 is 31.7 Å². The van der Waals surface area contributed by atoms with Gasteiger partial charge in [-0.1, -0.05) is 0 Å². The summed E-state index contributed by atoms with van der Waals surface area (Å²) < 4.78 is 56.4. The Kier molecular flexibility index (Phi) is 5.44. The molecule has 9 nitrogen and oxygen atoms in total. The Bertz CT molecular complexity index is 1040. The molecule has 0 saturated heterocycles. The van der Waals surface area contributed by atoms with E-state index in [0.29, 0.717) is 5.69 Å². The molecule has 1 aromatic heterocycles. The molecule has 0 saturated carbocycles. The third-order valence-corrected chi connectivity index (χ3v) is 6.12. The number of ether oxygens (including phenoxy) is 1. The van der Waals surface area contributed by atoms with Gasteiger partial charge in [0, 0.05) is 18.4 Å². The van der Waals surface area contributed by atoms with Gasteiger partial charge in [0.25, 0.3) is 10.0 Å². The number of primary sulfonamides is 1. The minimum absolute atomic E-state index is 0.0847. The summed E-state index contributed by atoms with van der Waals surface area (Å²) in [6.45, 7) is 3.37. The number of rotatable bonds is 6. The molecular formula is C15H19N3O6S2. The van der Waals surface area contributed by atoms with E-state index in [0.717, 1.165) is 0 Å². The van der Waals surface area contributed by atoms with E-state index in [-0.39, 0.29) is 27.8 Å². The van der Waals surface area contributed by atoms with Crippen molar-refractivity contribution in [2.75, 3.05) is 11.3 Å². The minimum atomic E-state index is -4.00. The summed E-state index contributed by atoms with van der Waals surface area (Å²) in [5.74, 6) is -0.628. The summed E-state index contributed by atoms with van der Waals surface area (Å²) in [6, 6.07) is 6.17. The van der Waals surface area contributed by atoms with Gasteiger partial charge in [0.15, 0.2) is 0 Å². The molecule has 0 fully saturated rings. The van der Waals surface area contributed by atoms with Crippen molar-refractivity contribution in [2.45, 2.75) is 23.6 Å². The zero-order valence-corrected chi connectivity index (χ0v) is 16.0. The molecule has 11 heteroatoms. The fraction of sp³-hybridized carbons (Fsp3) is 0.267. The molecule has 2 rings (SSSR count). The summed E-state index contributed by atoms with van der Waals surface area (Å²) in [7, 11) is -6.32. The number of carbonyl (C=O) groups excluding carboxylic acids is 1. The molecule has 0 unspecified atom stereocenters. The highest BCUT2D eigenvalue weighted by Crippen LogP contribution is 2.23. The molecule has 0 bridgehead atoms. The molecule has 3 N–H and O–H groups in total. The van der Waals surface area contributed by atoms with Gasteiger partial charge in [0.2, 0.25) is 10.0 Å². The number of aromatic nitrogens is 1. The molecule has 0 amide bonds. The maximum Gasteiger partial charge on any atom is 0.354 e. The number of nitrogens with zero attached hydrogens (tertiary/aromatic N) is 1. The van der Waals surface area contributed by atoms with Gasteiger partial charge in [-0.25, -0.2) is 26.8 Å². The second kappa shape index (κ2) is 7.09. The monoisotopic (exact) mass is 401 g/mol. The van der Waals surface area contributed by atoms with Crippen LogP contribution < -0.4 is 9.86 Å². The molecule has 0 atom stereocenters. The largest absolute Gasteiger partial charge is 0.461 e. The van der Waals surface area contributed by atoms with E-state index in [2.05, 4.69) is 4.72 Å². The van der Waals surface area contributed by atoms with Gasteiger partial charge in [-0.3, -0.25) is 4.72 Å². The van der Waals surface area contributed by atoms with Crippen LogP contribution >= 0.6 is 0 Å². The van der Waals surface area contributed by atoms with Gasteiger partial charge in [-0.2, -0.15) is 0 Å². The number of anilines is 1. The SMILES string of the molecule is CCOC(=O)c1cc(S(=O)(=O)Nc2ccc(S(N)(=O)=O)cc2)c(C)n1C. The van der Waals surface area contributed by atoms with Crippen molar-refractivity contribution in [1.82, 2.24) is 4.57 Å². The number of carbonyl (C=O) groups is 1. The number of esters is 1. The first-order valence-corrected chi connectivity index (χ1v) is 10.5. The highest BCUT2D eigenvalue weighted by Gasteiger charge is 2.25. The number of sulfonamides is 2. The Labute approximate surface area is 151 Å². The highest BCUT2D eigenvalue weighted by atomic mass is 32.2. The van der Waals surface area contributed by atoms with Crippen LogP contribution in [0, 0.1) is 6.92 Å². The first-order chi connectivity index (χ1) is 12.0. The van der Waals surface area contributed by atoms with Crippen LogP contribution in [-0.2, 0) is 31.8 Å². The number of benzene rings is 1. The molecule has 0 aliphatic carbocycles. The summed E-state index contributed by atoms with van der Waals surface area (Å²) in [6.07, 6.45) is 0. The quantitative estimate of drug-likeness (QED) is 0.692. The molecule has 0 aliphatic heterocycles. The summed E-state index contributed by atoms with van der Waals surface area (Å²) >= 11 is 0. The zero-order valence-electron chi connectivity index (χ0n) is 14.4. The van der Waals surface area contributed by atoms with E-state index in [1.807, 2.05) is 0 Å². The van der Waals surface area contributed by atoms with E-state index < -0.39 is 26.0 Å². The lowest BCUT2D eigenvalue weighted by atomic mass is 10.3. The molecule has 1 heterocycles. The Morgan fingerprint density at radius 2 is 1.77 bits per heavy atom. The third kappa shape index (κ3) is 4.06. The van der Waals surface area contributed by atoms with Crippen LogP contribution in [0.4, 0.5) is 5.69 Å². The highest BCUT2D eigenvalue weighted by molar-refractivity contribution is 7.92. The summed E-state index contributed by atoms with van der Waals surface area (Å²) in [5, 5.41) is 5.00. The van der Waals surface area contributed by atoms with Gasteiger partial charge in [-0.05, 0) is 44.2 Å². The van der Waals surface area contributed by atoms with Crippen LogP contribution in [0.25, 0.3) is 0 Å². The minimum Gasteiger partial charge on any atom is -0.461 e. The van der Waals surface area contributed by atoms with E-state index in [1.165, 1.54) is 34.9 Å². The molecule has 1 aromatic carbocycles. The van der Waals surface area contributed by atoms with Crippen molar-refractivity contribution in [3.05, 3.63) is 41.7 Å². The number of hydrogen-bond donors (Lipinski definition) is 2. The Balaban J connectivity index is 2.36. The Morgan fingerprint density at radius 3 is 2.27 bits per heavy atom. The van der Waals surface area contributed by atoms with E-state index >= 15 is 0 Å². The topological polar surface area (TPSA) is 138 Å². The molecule has 0 spiro atoms. The van der Waals surface area contributed by atoms with Crippen molar-refractivity contribution in [2.24, 2.45) is 12.2 Å². The summed E-state index contributed by atoms with van der Waals surface area (Å²) in [4.78, 5) is 11.7. The maximum absolute atomic E-state index is 12.6. The van der Waals surface area contributed by atoms with Crippen LogP contribution in [-0.4, -0.2) is 34.0 Å². The van der Waals surface area contributed by atoms with Crippen LogP contribution in [0.15, 0.2) is 40.1 Å². The van der Waals surface area contributed by atoms with Crippen LogP contribution in [0.3, 0.4) is 0 Å². The van der Waals surface area contributed by atoms with Crippen molar-refractivity contribution in [3.63, 3.8) is 0 Å². The van der Waals surface area contributed by atoms with Crippen molar-refractivity contribution in [1.29, 1.82) is 0 Å². The lowest BCUT2D eigenvalue weighted by molar-refractivity contribution is 0.0515.